The van der Waals surface area contributed by atoms with Crippen molar-refractivity contribution in [3.05, 3.63) is 30.1 Å². The molecule has 1 aliphatic heterocycles. The first-order chi connectivity index (χ1) is 7.29. The normalized spacial score (nSPS) is 21.0. The average molecular weight is 222 g/mol. The van der Waals surface area contributed by atoms with Crippen LogP contribution in [0.3, 0.4) is 0 Å². The van der Waals surface area contributed by atoms with E-state index in [4.69, 9.17) is 0 Å². The Balaban J connectivity index is 1.99. The quantitative estimate of drug-likeness (QED) is 0.783. The van der Waals surface area contributed by atoms with Crippen LogP contribution in [0.15, 0.2) is 24.5 Å². The molecule has 0 spiro atoms. The monoisotopic (exact) mass is 222 g/mol. The second-order valence-electron chi connectivity index (χ2n) is 3.88. The molecule has 0 aromatic carbocycles. The molecule has 2 heterocycles. The van der Waals surface area contributed by atoms with Crippen molar-refractivity contribution in [2.75, 3.05) is 12.3 Å². The number of likely N-dealkylation sites (tertiary alicyclic amines) is 1. The van der Waals surface area contributed by atoms with Crippen LogP contribution in [0.2, 0.25) is 0 Å². The minimum Gasteiger partial charge on any atom is -0.338 e. The van der Waals surface area contributed by atoms with Crippen molar-refractivity contribution in [3.63, 3.8) is 0 Å². The van der Waals surface area contributed by atoms with E-state index in [2.05, 4.69) is 17.6 Å². The van der Waals surface area contributed by atoms with Crippen molar-refractivity contribution < 1.29 is 4.79 Å². The third-order valence-electron chi connectivity index (χ3n) is 2.68. The lowest BCUT2D eigenvalue weighted by Crippen LogP contribution is -2.24. The molecular formula is C11H14N2OS. The number of thiol groups is 1. The smallest absolute Gasteiger partial charge is 0.223 e. The van der Waals surface area contributed by atoms with E-state index in [1.54, 1.807) is 12.4 Å². The second-order valence-corrected chi connectivity index (χ2v) is 4.25. The molecule has 80 valence electrons. The molecule has 1 fully saturated rings. The van der Waals surface area contributed by atoms with Crippen LogP contribution < -0.4 is 0 Å². The van der Waals surface area contributed by atoms with Crippen molar-refractivity contribution in [2.45, 2.75) is 13.0 Å². The minimum absolute atomic E-state index is 0.242. The van der Waals surface area contributed by atoms with E-state index in [-0.39, 0.29) is 5.91 Å². The lowest BCUT2D eigenvalue weighted by Gasteiger charge is -2.16. The summed E-state index contributed by atoms with van der Waals surface area (Å²) in [5.74, 6) is 1.45. The Bertz CT molecular complexity index is 342. The molecule has 0 N–H and O–H groups in total. The fraction of sp³-hybridized carbons (Fsp3) is 0.455. The number of nitrogens with zero attached hydrogens (tertiary/aromatic N) is 2. The Morgan fingerprint density at radius 3 is 2.80 bits per heavy atom. The van der Waals surface area contributed by atoms with Gasteiger partial charge in [-0.1, -0.05) is 0 Å². The first-order valence-electron chi connectivity index (χ1n) is 5.07. The predicted molar refractivity (Wildman–Crippen MR) is 61.6 cm³/mol. The van der Waals surface area contributed by atoms with Crippen LogP contribution in [0.5, 0.6) is 0 Å². The number of hydrogen-bond acceptors (Lipinski definition) is 3. The molecule has 0 saturated carbocycles. The van der Waals surface area contributed by atoms with Crippen LogP contribution in [0.25, 0.3) is 0 Å². The van der Waals surface area contributed by atoms with Gasteiger partial charge in [-0.2, -0.15) is 12.6 Å². The number of aromatic nitrogens is 1. The van der Waals surface area contributed by atoms with Gasteiger partial charge in [0.25, 0.3) is 0 Å². The molecule has 1 amide bonds. The first kappa shape index (κ1) is 10.5. The zero-order valence-electron chi connectivity index (χ0n) is 8.47. The van der Waals surface area contributed by atoms with Crippen molar-refractivity contribution in [1.29, 1.82) is 0 Å². The molecule has 1 atom stereocenters. The van der Waals surface area contributed by atoms with Crippen LogP contribution in [0.4, 0.5) is 0 Å². The van der Waals surface area contributed by atoms with Crippen molar-refractivity contribution in [1.82, 2.24) is 9.88 Å². The molecule has 0 aliphatic carbocycles. The highest BCUT2D eigenvalue weighted by Gasteiger charge is 2.28. The van der Waals surface area contributed by atoms with Gasteiger partial charge in [0.2, 0.25) is 5.91 Å². The molecular weight excluding hydrogens is 208 g/mol. The molecule has 2 rings (SSSR count). The van der Waals surface area contributed by atoms with Crippen LogP contribution in [0, 0.1) is 5.92 Å². The summed E-state index contributed by atoms with van der Waals surface area (Å²) < 4.78 is 0. The molecule has 4 heteroatoms. The summed E-state index contributed by atoms with van der Waals surface area (Å²) in [6.45, 7) is 1.54. The van der Waals surface area contributed by atoms with Gasteiger partial charge >= 0.3 is 0 Å². The number of amides is 1. The summed E-state index contributed by atoms with van der Waals surface area (Å²) in [6.07, 6.45) is 4.16. The second kappa shape index (κ2) is 4.66. The molecule has 15 heavy (non-hydrogen) atoms. The van der Waals surface area contributed by atoms with Gasteiger partial charge in [-0.15, -0.1) is 0 Å². The van der Waals surface area contributed by atoms with E-state index < -0.39 is 0 Å². The third kappa shape index (κ3) is 2.50. The van der Waals surface area contributed by atoms with Gasteiger partial charge < -0.3 is 4.90 Å². The Morgan fingerprint density at radius 1 is 1.47 bits per heavy atom. The zero-order valence-corrected chi connectivity index (χ0v) is 9.36. The number of pyridine rings is 1. The Labute approximate surface area is 94.9 Å². The highest BCUT2D eigenvalue weighted by atomic mass is 32.1. The van der Waals surface area contributed by atoms with Crippen molar-refractivity contribution >= 4 is 18.5 Å². The molecule has 1 aliphatic rings. The number of rotatable bonds is 3. The van der Waals surface area contributed by atoms with Gasteiger partial charge in [-0.3, -0.25) is 9.78 Å². The lowest BCUT2D eigenvalue weighted by molar-refractivity contribution is -0.128. The molecule has 0 bridgehead atoms. The summed E-state index contributed by atoms with van der Waals surface area (Å²) in [4.78, 5) is 17.5. The van der Waals surface area contributed by atoms with E-state index in [1.165, 1.54) is 0 Å². The Morgan fingerprint density at radius 2 is 2.20 bits per heavy atom. The van der Waals surface area contributed by atoms with Crippen LogP contribution in [0.1, 0.15) is 12.0 Å². The number of carbonyl (C=O) groups excluding carboxylic acids is 1. The fourth-order valence-electron chi connectivity index (χ4n) is 1.84. The van der Waals surface area contributed by atoms with Gasteiger partial charge in [0.15, 0.2) is 0 Å². The number of hydrogen-bond donors (Lipinski definition) is 1. The molecule has 0 radical (unpaired) electrons. The molecule has 1 aromatic heterocycles. The van der Waals surface area contributed by atoms with Gasteiger partial charge in [0.05, 0.1) is 0 Å². The Hall–Kier alpha value is -1.03. The Kier molecular flexibility index (Phi) is 3.26. The minimum atomic E-state index is 0.242. The summed E-state index contributed by atoms with van der Waals surface area (Å²) in [5, 5.41) is 0. The van der Waals surface area contributed by atoms with Crippen LogP contribution in [-0.2, 0) is 11.3 Å². The van der Waals surface area contributed by atoms with E-state index in [1.807, 2.05) is 17.0 Å². The fourth-order valence-corrected chi connectivity index (χ4v) is 2.08. The molecule has 3 nitrogen and oxygen atoms in total. The standard InChI is InChI=1S/C11H14N2OS/c14-11-5-10(8-15)7-13(11)6-9-1-3-12-4-2-9/h1-4,10,15H,5-8H2. The molecule has 1 aromatic rings. The predicted octanol–water partition coefficient (Wildman–Crippen LogP) is 1.36. The maximum Gasteiger partial charge on any atom is 0.223 e. The van der Waals surface area contributed by atoms with Gasteiger partial charge in [-0.05, 0) is 29.4 Å². The summed E-state index contributed by atoms with van der Waals surface area (Å²) >= 11 is 4.23. The third-order valence-corrected chi connectivity index (χ3v) is 3.19. The maximum absolute atomic E-state index is 11.6. The number of carbonyl (C=O) groups is 1. The summed E-state index contributed by atoms with van der Waals surface area (Å²) in [6, 6.07) is 3.89. The van der Waals surface area contributed by atoms with Crippen molar-refractivity contribution in [2.24, 2.45) is 5.92 Å². The topological polar surface area (TPSA) is 33.2 Å². The summed E-state index contributed by atoms with van der Waals surface area (Å²) in [7, 11) is 0. The summed E-state index contributed by atoms with van der Waals surface area (Å²) in [5.41, 5.74) is 1.14. The SMILES string of the molecule is O=C1CC(CS)CN1Cc1ccncc1. The van der Waals surface area contributed by atoms with E-state index >= 15 is 0 Å². The molecule has 1 saturated heterocycles. The van der Waals surface area contributed by atoms with Gasteiger partial charge in [-0.25, -0.2) is 0 Å². The molecule has 1 unspecified atom stereocenters. The van der Waals surface area contributed by atoms with Crippen LogP contribution in [-0.4, -0.2) is 28.1 Å². The lowest BCUT2D eigenvalue weighted by atomic mass is 10.1. The van der Waals surface area contributed by atoms with Gasteiger partial charge in [0.1, 0.15) is 0 Å². The zero-order chi connectivity index (χ0) is 10.7. The van der Waals surface area contributed by atoms with Crippen molar-refractivity contribution in [3.8, 4) is 0 Å². The highest BCUT2D eigenvalue weighted by Crippen LogP contribution is 2.20. The van der Waals surface area contributed by atoms with Gasteiger partial charge in [0, 0.05) is 31.9 Å². The first-order valence-corrected chi connectivity index (χ1v) is 5.70. The average Bonchev–Trinajstić information content (AvgIpc) is 2.61. The largest absolute Gasteiger partial charge is 0.338 e. The van der Waals surface area contributed by atoms with E-state index in [0.717, 1.165) is 17.9 Å². The van der Waals surface area contributed by atoms with E-state index in [0.29, 0.717) is 18.9 Å². The highest BCUT2D eigenvalue weighted by molar-refractivity contribution is 7.80. The van der Waals surface area contributed by atoms with Crippen LogP contribution >= 0.6 is 12.6 Å². The van der Waals surface area contributed by atoms with E-state index in [9.17, 15) is 4.79 Å². The maximum atomic E-state index is 11.6.